The van der Waals surface area contributed by atoms with Gasteiger partial charge in [0.2, 0.25) is 6.79 Å². The Kier molecular flexibility index (Phi) is 4.20. The van der Waals surface area contributed by atoms with Gasteiger partial charge in [-0.15, -0.1) is 0 Å². The van der Waals surface area contributed by atoms with Crippen molar-refractivity contribution in [2.45, 2.75) is 24.9 Å². The molecular formula is C22H23N3O3. The monoisotopic (exact) mass is 377 g/mol. The molecule has 2 aromatic rings. The van der Waals surface area contributed by atoms with Gasteiger partial charge in [-0.2, -0.15) is 0 Å². The van der Waals surface area contributed by atoms with E-state index in [0.717, 1.165) is 18.8 Å². The zero-order valence-corrected chi connectivity index (χ0v) is 15.7. The van der Waals surface area contributed by atoms with Crippen LogP contribution in [0, 0.1) is 0 Å². The summed E-state index contributed by atoms with van der Waals surface area (Å²) >= 11 is 0. The number of allylic oxidation sites excluding steroid dienone is 1. The Morgan fingerprint density at radius 3 is 2.61 bits per heavy atom. The van der Waals surface area contributed by atoms with E-state index in [1.165, 1.54) is 11.1 Å². The average Bonchev–Trinajstić information content (AvgIpc) is 3.18. The first-order valence-electron chi connectivity index (χ1n) is 9.67. The number of carbonyl (C=O) groups excluding carboxylic acids is 1. The van der Waals surface area contributed by atoms with Crippen molar-refractivity contribution >= 4 is 17.8 Å². The normalized spacial score (nSPS) is 24.9. The maximum atomic E-state index is 12.9. The third kappa shape index (κ3) is 2.81. The second-order valence-corrected chi connectivity index (χ2v) is 7.39. The minimum Gasteiger partial charge on any atom is -0.454 e. The lowest BCUT2D eigenvalue weighted by Crippen LogP contribution is -2.74. The first-order chi connectivity index (χ1) is 13.7. The van der Waals surface area contributed by atoms with Crippen molar-refractivity contribution in [1.29, 1.82) is 0 Å². The second-order valence-electron chi connectivity index (χ2n) is 7.39. The largest absolute Gasteiger partial charge is 0.454 e. The molecule has 6 nitrogen and oxygen atoms in total. The fraction of sp³-hybridized carbons (Fsp3) is 0.318. The number of urea groups is 1. The summed E-state index contributed by atoms with van der Waals surface area (Å²) in [6, 6.07) is 14.4. The van der Waals surface area contributed by atoms with E-state index in [1.54, 1.807) is 0 Å². The van der Waals surface area contributed by atoms with Gasteiger partial charge in [0.1, 0.15) is 0 Å². The number of nitrogens with one attached hydrogen (secondary N) is 2. The van der Waals surface area contributed by atoms with Crippen molar-refractivity contribution in [3.63, 3.8) is 0 Å². The summed E-state index contributed by atoms with van der Waals surface area (Å²) in [5, 5.41) is 6.44. The summed E-state index contributed by atoms with van der Waals surface area (Å²) in [4.78, 5) is 14.9. The number of likely N-dealkylation sites (tertiary alicyclic amines) is 1. The highest BCUT2D eigenvalue weighted by molar-refractivity contribution is 5.91. The predicted molar refractivity (Wildman–Crippen MR) is 108 cm³/mol. The summed E-state index contributed by atoms with van der Waals surface area (Å²) in [7, 11) is 0. The van der Waals surface area contributed by atoms with Crippen LogP contribution in [0.4, 0.5) is 10.5 Å². The average molecular weight is 377 g/mol. The van der Waals surface area contributed by atoms with Crippen LogP contribution in [0.2, 0.25) is 0 Å². The van der Waals surface area contributed by atoms with Crippen molar-refractivity contribution in [2.24, 2.45) is 0 Å². The topological polar surface area (TPSA) is 62.8 Å². The molecule has 28 heavy (non-hydrogen) atoms. The molecule has 0 aromatic heterocycles. The number of fused-ring (bicyclic) bond motifs is 3. The number of benzene rings is 2. The van der Waals surface area contributed by atoms with Crippen LogP contribution in [0.3, 0.4) is 0 Å². The first-order valence-corrected chi connectivity index (χ1v) is 9.67. The van der Waals surface area contributed by atoms with Gasteiger partial charge in [0, 0.05) is 30.8 Å². The third-order valence-electron chi connectivity index (χ3n) is 5.79. The number of piperidine rings is 1. The highest BCUT2D eigenvalue weighted by atomic mass is 16.7. The molecule has 3 atom stereocenters. The van der Waals surface area contributed by atoms with Crippen LogP contribution in [0.15, 0.2) is 48.5 Å². The standard InChI is InChI=1S/C22H23N3O3/c1-2-3-14-4-6-15(7-5-14)21-17-11-23-12-18(21)25(17)22(26)24-16-8-9-19-20(10-16)28-13-27-19/h2-10,17-18,21,23H,11-13H2,1H3,(H,24,26)/t17-,18+,21?. The molecule has 0 radical (unpaired) electrons. The molecule has 3 aliphatic heterocycles. The molecule has 2 aromatic carbocycles. The van der Waals surface area contributed by atoms with Gasteiger partial charge in [-0.25, -0.2) is 4.79 Å². The molecule has 0 saturated carbocycles. The smallest absolute Gasteiger partial charge is 0.322 e. The van der Waals surface area contributed by atoms with E-state index >= 15 is 0 Å². The number of hydrogen-bond donors (Lipinski definition) is 2. The Balaban J connectivity index is 1.31. The third-order valence-corrected chi connectivity index (χ3v) is 5.79. The van der Waals surface area contributed by atoms with Gasteiger partial charge in [0.15, 0.2) is 11.5 Å². The van der Waals surface area contributed by atoms with Crippen LogP contribution < -0.4 is 20.1 Å². The number of amides is 2. The van der Waals surface area contributed by atoms with Gasteiger partial charge < -0.3 is 25.0 Å². The molecule has 144 valence electrons. The van der Waals surface area contributed by atoms with Crippen molar-refractivity contribution in [2.75, 3.05) is 25.2 Å². The number of hydrogen-bond acceptors (Lipinski definition) is 4. The van der Waals surface area contributed by atoms with Crippen LogP contribution in [-0.4, -0.2) is 42.9 Å². The van der Waals surface area contributed by atoms with E-state index in [2.05, 4.69) is 41.0 Å². The molecule has 2 amide bonds. The molecule has 2 saturated heterocycles. The van der Waals surface area contributed by atoms with Crippen LogP contribution in [0.5, 0.6) is 11.5 Å². The Morgan fingerprint density at radius 2 is 1.86 bits per heavy atom. The molecule has 0 aliphatic carbocycles. The van der Waals surface area contributed by atoms with Crippen molar-refractivity contribution in [3.8, 4) is 11.5 Å². The van der Waals surface area contributed by atoms with E-state index < -0.39 is 0 Å². The van der Waals surface area contributed by atoms with Gasteiger partial charge in [0.25, 0.3) is 0 Å². The van der Waals surface area contributed by atoms with Crippen LogP contribution in [0.25, 0.3) is 6.08 Å². The molecule has 0 spiro atoms. The van der Waals surface area contributed by atoms with Gasteiger partial charge >= 0.3 is 6.03 Å². The summed E-state index contributed by atoms with van der Waals surface area (Å²) in [5.41, 5.74) is 3.22. The van der Waals surface area contributed by atoms with Gasteiger partial charge in [0.05, 0.1) is 12.1 Å². The molecule has 2 fully saturated rings. The fourth-order valence-corrected chi connectivity index (χ4v) is 4.51. The van der Waals surface area contributed by atoms with E-state index in [-0.39, 0.29) is 24.9 Å². The Morgan fingerprint density at radius 1 is 1.11 bits per heavy atom. The van der Waals surface area contributed by atoms with Gasteiger partial charge in [-0.1, -0.05) is 36.4 Å². The zero-order valence-electron chi connectivity index (χ0n) is 15.7. The minimum atomic E-state index is -0.0582. The Bertz CT molecular complexity index is 913. The van der Waals surface area contributed by atoms with E-state index in [4.69, 9.17) is 9.47 Å². The summed E-state index contributed by atoms with van der Waals surface area (Å²) < 4.78 is 10.7. The lowest BCUT2D eigenvalue weighted by Gasteiger charge is -2.59. The van der Waals surface area contributed by atoms with Crippen LogP contribution in [-0.2, 0) is 0 Å². The van der Waals surface area contributed by atoms with Crippen LogP contribution >= 0.6 is 0 Å². The number of piperazine rings is 1. The second kappa shape index (κ2) is 6.87. The summed E-state index contributed by atoms with van der Waals surface area (Å²) in [6.07, 6.45) is 4.14. The first kappa shape index (κ1) is 17.1. The molecule has 2 N–H and O–H groups in total. The van der Waals surface area contributed by atoms with Crippen molar-refractivity contribution < 1.29 is 14.3 Å². The van der Waals surface area contributed by atoms with E-state index in [1.807, 2.05) is 36.1 Å². The number of carbonyl (C=O) groups is 1. The summed E-state index contributed by atoms with van der Waals surface area (Å²) in [6.45, 7) is 3.87. The number of ether oxygens (including phenoxy) is 2. The minimum absolute atomic E-state index is 0.0582. The molecule has 3 aliphatic rings. The predicted octanol–water partition coefficient (Wildman–Crippen LogP) is 3.42. The Hall–Kier alpha value is -2.99. The van der Waals surface area contributed by atoms with Gasteiger partial charge in [-0.3, -0.25) is 0 Å². The zero-order chi connectivity index (χ0) is 19.1. The lowest BCUT2D eigenvalue weighted by atomic mass is 9.72. The highest BCUT2D eigenvalue weighted by Gasteiger charge is 2.53. The number of anilines is 1. The quantitative estimate of drug-likeness (QED) is 0.860. The van der Waals surface area contributed by atoms with E-state index in [0.29, 0.717) is 17.4 Å². The molecule has 1 unspecified atom stereocenters. The lowest BCUT2D eigenvalue weighted by molar-refractivity contribution is 0.00201. The van der Waals surface area contributed by atoms with Crippen molar-refractivity contribution in [3.05, 3.63) is 59.7 Å². The molecule has 6 heteroatoms. The SMILES string of the molecule is CC=Cc1ccc(C2[C@H]3CNC[C@@H]2N3C(=O)Nc2ccc3c(c2)OCO3)cc1. The maximum absolute atomic E-state index is 12.9. The highest BCUT2D eigenvalue weighted by Crippen LogP contribution is 2.43. The van der Waals surface area contributed by atoms with Crippen LogP contribution in [0.1, 0.15) is 24.0 Å². The Labute approximate surface area is 164 Å². The summed E-state index contributed by atoms with van der Waals surface area (Å²) in [5.74, 6) is 1.76. The van der Waals surface area contributed by atoms with Crippen molar-refractivity contribution in [1.82, 2.24) is 10.2 Å². The maximum Gasteiger partial charge on any atom is 0.322 e. The van der Waals surface area contributed by atoms with E-state index in [9.17, 15) is 4.79 Å². The number of rotatable bonds is 3. The molecule has 3 heterocycles. The molecule has 5 rings (SSSR count). The molecular weight excluding hydrogens is 354 g/mol. The van der Waals surface area contributed by atoms with Gasteiger partial charge in [-0.05, 0) is 30.2 Å². The number of nitrogens with zero attached hydrogens (tertiary/aromatic N) is 1. The fourth-order valence-electron chi connectivity index (χ4n) is 4.51. The molecule has 2 bridgehead atoms.